The lowest BCUT2D eigenvalue weighted by molar-refractivity contribution is 0.168. The molecule has 0 aliphatic rings. The molecule has 2 atom stereocenters. The molecule has 0 aromatic carbocycles. The van der Waals surface area contributed by atoms with E-state index in [0.717, 1.165) is 11.5 Å². The molecule has 2 unspecified atom stereocenters. The third-order valence-corrected chi connectivity index (χ3v) is 2.40. The standard InChI is InChI=1S/C10H15N5O/c1-7(16)8(11)6-12-9-3-5-15-10(14-9)2-4-13-15/h2-5,7-8,16H,6,11H2,1H3,(H,12,14). The molecule has 6 nitrogen and oxygen atoms in total. The van der Waals surface area contributed by atoms with Crippen LogP contribution < -0.4 is 11.1 Å². The van der Waals surface area contributed by atoms with Crippen LogP contribution in [-0.2, 0) is 0 Å². The summed E-state index contributed by atoms with van der Waals surface area (Å²) in [7, 11) is 0. The lowest BCUT2D eigenvalue weighted by Gasteiger charge is -2.15. The van der Waals surface area contributed by atoms with Crippen molar-refractivity contribution in [2.75, 3.05) is 11.9 Å². The van der Waals surface area contributed by atoms with Crippen LogP contribution >= 0.6 is 0 Å². The van der Waals surface area contributed by atoms with E-state index in [1.54, 1.807) is 17.6 Å². The molecule has 0 saturated heterocycles. The first kappa shape index (κ1) is 10.8. The highest BCUT2D eigenvalue weighted by Crippen LogP contribution is 2.05. The normalized spacial score (nSPS) is 14.9. The number of hydrogen-bond acceptors (Lipinski definition) is 5. The maximum Gasteiger partial charge on any atom is 0.157 e. The fourth-order valence-corrected chi connectivity index (χ4v) is 1.30. The summed E-state index contributed by atoms with van der Waals surface area (Å²) in [6.45, 7) is 2.15. The molecular weight excluding hydrogens is 206 g/mol. The van der Waals surface area contributed by atoms with Gasteiger partial charge in [-0.15, -0.1) is 0 Å². The van der Waals surface area contributed by atoms with E-state index >= 15 is 0 Å². The Bertz CT molecular complexity index is 467. The molecule has 0 bridgehead atoms. The van der Waals surface area contributed by atoms with Crippen molar-refractivity contribution in [2.45, 2.75) is 19.1 Å². The molecule has 2 rings (SSSR count). The van der Waals surface area contributed by atoms with Crippen LogP contribution in [0.5, 0.6) is 0 Å². The largest absolute Gasteiger partial charge is 0.392 e. The Kier molecular flexibility index (Phi) is 3.02. The molecular formula is C10H15N5O. The summed E-state index contributed by atoms with van der Waals surface area (Å²) in [6.07, 6.45) is 2.97. The minimum Gasteiger partial charge on any atom is -0.392 e. The predicted octanol–water partition coefficient (Wildman–Crippen LogP) is -0.151. The van der Waals surface area contributed by atoms with Crippen LogP contribution in [0.25, 0.3) is 5.65 Å². The maximum atomic E-state index is 9.24. The van der Waals surface area contributed by atoms with Crippen molar-refractivity contribution in [1.82, 2.24) is 14.6 Å². The van der Waals surface area contributed by atoms with Crippen molar-refractivity contribution in [3.8, 4) is 0 Å². The Labute approximate surface area is 93.1 Å². The number of nitrogens with one attached hydrogen (secondary N) is 1. The zero-order valence-corrected chi connectivity index (χ0v) is 9.04. The summed E-state index contributed by atoms with van der Waals surface area (Å²) < 4.78 is 1.68. The molecule has 0 radical (unpaired) electrons. The van der Waals surface area contributed by atoms with Crippen molar-refractivity contribution in [3.63, 3.8) is 0 Å². The predicted molar refractivity (Wildman–Crippen MR) is 61.1 cm³/mol. The van der Waals surface area contributed by atoms with Crippen LogP contribution in [0.3, 0.4) is 0 Å². The number of aliphatic hydroxyl groups is 1. The van der Waals surface area contributed by atoms with Crippen molar-refractivity contribution >= 4 is 11.5 Å². The molecule has 86 valence electrons. The van der Waals surface area contributed by atoms with Crippen LogP contribution in [-0.4, -0.2) is 38.4 Å². The SMILES string of the molecule is CC(O)C(N)CNc1ccn2nccc2n1. The molecule has 2 heterocycles. The summed E-state index contributed by atoms with van der Waals surface area (Å²) in [4.78, 5) is 4.32. The minimum atomic E-state index is -0.536. The number of fused-ring (bicyclic) bond motifs is 1. The number of aliphatic hydroxyl groups excluding tert-OH is 1. The Morgan fingerprint density at radius 1 is 1.56 bits per heavy atom. The molecule has 16 heavy (non-hydrogen) atoms. The zero-order chi connectivity index (χ0) is 11.5. The molecule has 0 amide bonds. The van der Waals surface area contributed by atoms with Crippen molar-refractivity contribution in [3.05, 3.63) is 24.5 Å². The fraction of sp³-hybridized carbons (Fsp3) is 0.400. The highest BCUT2D eigenvalue weighted by atomic mass is 16.3. The molecule has 2 aromatic heterocycles. The van der Waals surface area contributed by atoms with E-state index in [2.05, 4.69) is 15.4 Å². The summed E-state index contributed by atoms with van der Waals surface area (Å²) in [5.41, 5.74) is 6.47. The van der Waals surface area contributed by atoms with E-state index in [-0.39, 0.29) is 6.04 Å². The number of rotatable bonds is 4. The first-order valence-electron chi connectivity index (χ1n) is 5.15. The summed E-state index contributed by atoms with van der Waals surface area (Å²) in [6, 6.07) is 3.33. The lowest BCUT2D eigenvalue weighted by Crippen LogP contribution is -2.38. The van der Waals surface area contributed by atoms with Gasteiger partial charge in [0.2, 0.25) is 0 Å². The van der Waals surface area contributed by atoms with E-state index in [0.29, 0.717) is 6.54 Å². The number of nitrogens with zero attached hydrogens (tertiary/aromatic N) is 3. The summed E-state index contributed by atoms with van der Waals surface area (Å²) >= 11 is 0. The van der Waals surface area contributed by atoms with Crippen LogP contribution in [0.2, 0.25) is 0 Å². The molecule has 0 saturated carbocycles. The average molecular weight is 221 g/mol. The summed E-state index contributed by atoms with van der Waals surface area (Å²) in [5, 5.41) is 16.4. The summed E-state index contributed by atoms with van der Waals surface area (Å²) in [5.74, 6) is 0.726. The monoisotopic (exact) mass is 221 g/mol. The number of anilines is 1. The second-order valence-corrected chi connectivity index (χ2v) is 3.73. The van der Waals surface area contributed by atoms with Gasteiger partial charge in [0.05, 0.1) is 12.3 Å². The second kappa shape index (κ2) is 4.46. The zero-order valence-electron chi connectivity index (χ0n) is 9.04. The smallest absolute Gasteiger partial charge is 0.157 e. The molecule has 4 N–H and O–H groups in total. The Hall–Kier alpha value is -1.66. The Morgan fingerprint density at radius 3 is 3.12 bits per heavy atom. The van der Waals surface area contributed by atoms with E-state index in [1.165, 1.54) is 0 Å². The average Bonchev–Trinajstić information content (AvgIpc) is 2.72. The Morgan fingerprint density at radius 2 is 2.38 bits per heavy atom. The number of nitrogens with two attached hydrogens (primary N) is 1. The molecule has 6 heteroatoms. The first-order valence-corrected chi connectivity index (χ1v) is 5.15. The molecule has 0 aliphatic heterocycles. The number of hydrogen-bond donors (Lipinski definition) is 3. The molecule has 0 spiro atoms. The van der Waals surface area contributed by atoms with E-state index < -0.39 is 6.10 Å². The van der Waals surface area contributed by atoms with Crippen LogP contribution in [0.15, 0.2) is 24.5 Å². The topological polar surface area (TPSA) is 88.5 Å². The third-order valence-electron chi connectivity index (χ3n) is 2.40. The van der Waals surface area contributed by atoms with E-state index in [1.807, 2.05) is 18.3 Å². The van der Waals surface area contributed by atoms with Gasteiger partial charge >= 0.3 is 0 Å². The van der Waals surface area contributed by atoms with Gasteiger partial charge in [0, 0.05) is 24.8 Å². The van der Waals surface area contributed by atoms with Gasteiger partial charge in [-0.05, 0) is 13.0 Å². The molecule has 0 fully saturated rings. The molecule has 2 aromatic rings. The molecule has 0 aliphatic carbocycles. The van der Waals surface area contributed by atoms with Crippen LogP contribution in [0, 0.1) is 0 Å². The van der Waals surface area contributed by atoms with Crippen LogP contribution in [0.4, 0.5) is 5.82 Å². The van der Waals surface area contributed by atoms with Gasteiger partial charge in [-0.1, -0.05) is 0 Å². The third kappa shape index (κ3) is 2.29. The van der Waals surface area contributed by atoms with Gasteiger partial charge < -0.3 is 16.2 Å². The lowest BCUT2D eigenvalue weighted by atomic mass is 10.2. The van der Waals surface area contributed by atoms with Crippen molar-refractivity contribution < 1.29 is 5.11 Å². The Balaban J connectivity index is 2.04. The quantitative estimate of drug-likeness (QED) is 0.668. The van der Waals surface area contributed by atoms with Crippen molar-refractivity contribution in [2.24, 2.45) is 5.73 Å². The van der Waals surface area contributed by atoms with Crippen molar-refractivity contribution in [1.29, 1.82) is 0 Å². The highest BCUT2D eigenvalue weighted by Gasteiger charge is 2.08. The van der Waals surface area contributed by atoms with Gasteiger partial charge in [-0.2, -0.15) is 5.10 Å². The van der Waals surface area contributed by atoms with E-state index in [4.69, 9.17) is 5.73 Å². The van der Waals surface area contributed by atoms with Crippen LogP contribution in [0.1, 0.15) is 6.92 Å². The van der Waals surface area contributed by atoms with Gasteiger partial charge in [-0.25, -0.2) is 9.50 Å². The second-order valence-electron chi connectivity index (χ2n) is 3.73. The number of aromatic nitrogens is 3. The van der Waals surface area contributed by atoms with E-state index in [9.17, 15) is 5.11 Å². The fourth-order valence-electron chi connectivity index (χ4n) is 1.30. The maximum absolute atomic E-state index is 9.24. The highest BCUT2D eigenvalue weighted by molar-refractivity contribution is 5.45. The van der Waals surface area contributed by atoms with Gasteiger partial charge in [-0.3, -0.25) is 0 Å². The van der Waals surface area contributed by atoms with Gasteiger partial charge in [0.15, 0.2) is 5.65 Å². The van der Waals surface area contributed by atoms with Gasteiger partial charge in [0.1, 0.15) is 5.82 Å². The van der Waals surface area contributed by atoms with Gasteiger partial charge in [0.25, 0.3) is 0 Å². The minimum absolute atomic E-state index is 0.303. The first-order chi connectivity index (χ1) is 7.66.